The summed E-state index contributed by atoms with van der Waals surface area (Å²) >= 11 is 0. The number of ether oxygens (including phenoxy) is 9. The van der Waals surface area contributed by atoms with Gasteiger partial charge in [-0.25, -0.2) is 0 Å². The maximum atomic E-state index is 11.4. The molecule has 0 bridgehead atoms. The number of carbonyl (C=O) groups is 2. The quantitative estimate of drug-likeness (QED) is 0.0585. The first-order valence-corrected chi connectivity index (χ1v) is 19.5. The third kappa shape index (κ3) is 32.4. The van der Waals surface area contributed by atoms with Crippen molar-refractivity contribution in [2.75, 3.05) is 125 Å². The lowest BCUT2D eigenvalue weighted by atomic mass is 10.0. The predicted octanol–water partition coefficient (Wildman–Crippen LogP) is 5.54. The molecule has 12 heteroatoms. The molecular weight excluding hydrogens is 646 g/mol. The molecule has 0 saturated heterocycles. The second kappa shape index (κ2) is 38.7. The molecule has 0 aromatic carbocycles. The smallest absolute Gasteiger partial charge is 0.253 e. The van der Waals surface area contributed by atoms with Crippen LogP contribution in [0.2, 0.25) is 0 Å². The molecule has 0 aromatic heterocycles. The topological polar surface area (TPSA) is 120 Å². The zero-order chi connectivity index (χ0) is 35.8. The number of carbonyl (C=O) groups excluding carboxylic acids is 2. The van der Waals surface area contributed by atoms with Gasteiger partial charge in [-0.3, -0.25) is 14.5 Å². The number of unbranched alkanes of at least 4 members (excludes halogenated alkanes) is 13. The number of imide groups is 1. The monoisotopic (exact) mass is 718 g/mol. The average molecular weight is 718 g/mol. The lowest BCUT2D eigenvalue weighted by Gasteiger charge is -2.13. The van der Waals surface area contributed by atoms with Gasteiger partial charge in [0.15, 0.2) is 0 Å². The van der Waals surface area contributed by atoms with Crippen LogP contribution in [0.4, 0.5) is 0 Å². The standard InChI is InChI=1S/C38H71NO11/c1-2-3-4-5-6-7-8-9-10-11-12-13-14-15-19-42-21-23-44-25-27-46-29-31-48-33-35-50-36-34-49-32-30-47-28-26-45-24-22-43-20-18-39-37(40)16-17-38(39)41/h16-17H,2-15,18-36H2,1H3. The molecule has 0 aromatic rings. The van der Waals surface area contributed by atoms with Crippen LogP contribution in [0.5, 0.6) is 0 Å². The Morgan fingerprint density at radius 3 is 0.880 bits per heavy atom. The van der Waals surface area contributed by atoms with Crippen molar-refractivity contribution in [1.29, 1.82) is 0 Å². The van der Waals surface area contributed by atoms with Crippen LogP contribution in [0.3, 0.4) is 0 Å². The zero-order valence-corrected chi connectivity index (χ0v) is 31.4. The van der Waals surface area contributed by atoms with Crippen LogP contribution in [-0.4, -0.2) is 142 Å². The molecular formula is C38H71NO11. The summed E-state index contributed by atoms with van der Waals surface area (Å²) < 4.78 is 49.5. The molecule has 1 aliphatic rings. The molecule has 0 aliphatic carbocycles. The molecule has 294 valence electrons. The van der Waals surface area contributed by atoms with Crippen LogP contribution in [-0.2, 0) is 52.2 Å². The van der Waals surface area contributed by atoms with Gasteiger partial charge in [0.05, 0.1) is 119 Å². The summed E-state index contributed by atoms with van der Waals surface area (Å²) in [5, 5.41) is 0. The molecule has 0 N–H and O–H groups in total. The first kappa shape index (κ1) is 46.5. The van der Waals surface area contributed by atoms with Crippen LogP contribution in [0.25, 0.3) is 0 Å². The molecule has 0 radical (unpaired) electrons. The van der Waals surface area contributed by atoms with Gasteiger partial charge < -0.3 is 42.6 Å². The van der Waals surface area contributed by atoms with Crippen LogP contribution in [0.15, 0.2) is 12.2 Å². The van der Waals surface area contributed by atoms with Crippen molar-refractivity contribution in [3.63, 3.8) is 0 Å². The molecule has 0 atom stereocenters. The maximum Gasteiger partial charge on any atom is 0.253 e. The van der Waals surface area contributed by atoms with E-state index in [-0.39, 0.29) is 25.0 Å². The Bertz CT molecular complexity index is 753. The molecule has 0 spiro atoms. The first-order chi connectivity index (χ1) is 24.8. The molecule has 1 rings (SSSR count). The highest BCUT2D eigenvalue weighted by Crippen LogP contribution is 2.13. The third-order valence-corrected chi connectivity index (χ3v) is 7.98. The minimum Gasteiger partial charge on any atom is -0.379 e. The van der Waals surface area contributed by atoms with E-state index in [0.717, 1.165) is 17.9 Å². The van der Waals surface area contributed by atoms with Crippen molar-refractivity contribution in [2.24, 2.45) is 0 Å². The SMILES string of the molecule is CCCCCCCCCCCCCCCCOCCOCCOCCOCCOCCOCCOCCOCCOCCN1C(=O)C=CC1=O. The Hall–Kier alpha value is -1.48. The Morgan fingerprint density at radius 1 is 0.340 bits per heavy atom. The fourth-order valence-corrected chi connectivity index (χ4v) is 5.07. The number of hydrogen-bond donors (Lipinski definition) is 0. The van der Waals surface area contributed by atoms with Crippen molar-refractivity contribution < 1.29 is 52.2 Å². The first-order valence-electron chi connectivity index (χ1n) is 19.5. The molecule has 1 heterocycles. The highest BCUT2D eigenvalue weighted by Gasteiger charge is 2.22. The second-order valence-corrected chi connectivity index (χ2v) is 12.3. The van der Waals surface area contributed by atoms with E-state index in [1.165, 1.54) is 95.6 Å². The van der Waals surface area contributed by atoms with Gasteiger partial charge in [-0.05, 0) is 6.42 Å². The summed E-state index contributed by atoms with van der Waals surface area (Å²) in [6, 6.07) is 0. The van der Waals surface area contributed by atoms with E-state index in [4.69, 9.17) is 42.6 Å². The van der Waals surface area contributed by atoms with E-state index in [0.29, 0.717) is 106 Å². The van der Waals surface area contributed by atoms with Crippen LogP contribution >= 0.6 is 0 Å². The number of amides is 2. The van der Waals surface area contributed by atoms with Gasteiger partial charge in [-0.2, -0.15) is 0 Å². The van der Waals surface area contributed by atoms with E-state index < -0.39 is 0 Å². The number of hydrogen-bond acceptors (Lipinski definition) is 11. The maximum absolute atomic E-state index is 11.4. The molecule has 0 unspecified atom stereocenters. The lowest BCUT2D eigenvalue weighted by Crippen LogP contribution is -2.33. The Kier molecular flexibility index (Phi) is 36.1. The average Bonchev–Trinajstić information content (AvgIpc) is 3.44. The van der Waals surface area contributed by atoms with Crippen molar-refractivity contribution in [3.8, 4) is 0 Å². The predicted molar refractivity (Wildman–Crippen MR) is 194 cm³/mol. The van der Waals surface area contributed by atoms with Gasteiger partial charge in [0.25, 0.3) is 11.8 Å². The van der Waals surface area contributed by atoms with Gasteiger partial charge in [0, 0.05) is 18.8 Å². The Balaban J connectivity index is 1.61. The molecule has 0 saturated carbocycles. The summed E-state index contributed by atoms with van der Waals surface area (Å²) in [6.07, 6.45) is 21.7. The normalized spacial score (nSPS) is 13.0. The third-order valence-electron chi connectivity index (χ3n) is 7.98. The zero-order valence-electron chi connectivity index (χ0n) is 31.4. The minimum atomic E-state index is -0.301. The molecule has 2 amide bonds. The highest BCUT2D eigenvalue weighted by atomic mass is 16.6. The summed E-state index contributed by atoms with van der Waals surface area (Å²) in [5.41, 5.74) is 0. The summed E-state index contributed by atoms with van der Waals surface area (Å²) in [7, 11) is 0. The molecule has 1 aliphatic heterocycles. The van der Waals surface area contributed by atoms with Gasteiger partial charge in [0.1, 0.15) is 0 Å². The summed E-state index contributed by atoms with van der Waals surface area (Å²) in [5.74, 6) is -0.602. The minimum absolute atomic E-state index is 0.246. The van der Waals surface area contributed by atoms with E-state index in [9.17, 15) is 9.59 Å². The number of nitrogens with zero attached hydrogens (tertiary/aromatic N) is 1. The molecule has 0 fully saturated rings. The summed E-state index contributed by atoms with van der Waals surface area (Å²) in [4.78, 5) is 24.0. The van der Waals surface area contributed by atoms with Crippen LogP contribution in [0.1, 0.15) is 96.8 Å². The van der Waals surface area contributed by atoms with Gasteiger partial charge in [0.2, 0.25) is 0 Å². The van der Waals surface area contributed by atoms with Crippen molar-refractivity contribution >= 4 is 11.8 Å². The van der Waals surface area contributed by atoms with E-state index in [2.05, 4.69) is 6.92 Å². The highest BCUT2D eigenvalue weighted by molar-refractivity contribution is 6.12. The largest absolute Gasteiger partial charge is 0.379 e. The Morgan fingerprint density at radius 2 is 0.580 bits per heavy atom. The van der Waals surface area contributed by atoms with Crippen LogP contribution in [0, 0.1) is 0 Å². The van der Waals surface area contributed by atoms with E-state index >= 15 is 0 Å². The van der Waals surface area contributed by atoms with Crippen molar-refractivity contribution in [2.45, 2.75) is 96.8 Å². The fraction of sp³-hybridized carbons (Fsp3) is 0.895. The van der Waals surface area contributed by atoms with Crippen LogP contribution < -0.4 is 0 Å². The summed E-state index contributed by atoms with van der Waals surface area (Å²) in [6.45, 7) is 11.8. The van der Waals surface area contributed by atoms with Gasteiger partial charge in [-0.1, -0.05) is 90.4 Å². The van der Waals surface area contributed by atoms with Crippen molar-refractivity contribution in [3.05, 3.63) is 12.2 Å². The van der Waals surface area contributed by atoms with E-state index in [1.807, 2.05) is 0 Å². The number of rotatable bonds is 42. The van der Waals surface area contributed by atoms with Gasteiger partial charge in [-0.15, -0.1) is 0 Å². The fourth-order valence-electron chi connectivity index (χ4n) is 5.07. The Labute approximate surface area is 303 Å². The lowest BCUT2D eigenvalue weighted by molar-refractivity contribution is -0.137. The molecule has 12 nitrogen and oxygen atoms in total. The second-order valence-electron chi connectivity index (χ2n) is 12.3. The van der Waals surface area contributed by atoms with E-state index in [1.54, 1.807) is 0 Å². The molecule has 50 heavy (non-hydrogen) atoms. The van der Waals surface area contributed by atoms with Gasteiger partial charge >= 0.3 is 0 Å². The van der Waals surface area contributed by atoms with Crippen molar-refractivity contribution in [1.82, 2.24) is 4.90 Å².